The largest absolute Gasteiger partial charge is 0.467 e. The quantitative estimate of drug-likeness (QED) is 0.769. The molecular formula is C15H13FN2O2. The van der Waals surface area contributed by atoms with Crippen LogP contribution < -0.4 is 5.32 Å². The maximum atomic E-state index is 13.2. The summed E-state index contributed by atoms with van der Waals surface area (Å²) in [6.07, 6.45) is 1.56. The van der Waals surface area contributed by atoms with Crippen molar-refractivity contribution in [3.63, 3.8) is 0 Å². The standard InChI is InChI=1S/C15H13FN2O2/c1-9-14(12-5-4-10(16)7-13(12)18-9)15(19)17-8-11-3-2-6-20-11/h2-7,18H,8H2,1H3,(H,17,19). The number of H-pyrrole nitrogens is 1. The van der Waals surface area contributed by atoms with Crippen molar-refractivity contribution in [1.29, 1.82) is 0 Å². The SMILES string of the molecule is Cc1[nH]c2cc(F)ccc2c1C(=O)NCc1ccco1. The molecule has 1 aromatic carbocycles. The van der Waals surface area contributed by atoms with E-state index in [4.69, 9.17) is 4.42 Å². The van der Waals surface area contributed by atoms with Gasteiger partial charge in [-0.05, 0) is 37.3 Å². The molecule has 0 unspecified atom stereocenters. The summed E-state index contributed by atoms with van der Waals surface area (Å²) in [5, 5.41) is 3.50. The first kappa shape index (κ1) is 12.5. The van der Waals surface area contributed by atoms with Crippen molar-refractivity contribution in [1.82, 2.24) is 10.3 Å². The monoisotopic (exact) mass is 272 g/mol. The predicted molar refractivity (Wildman–Crippen MR) is 72.9 cm³/mol. The zero-order valence-electron chi connectivity index (χ0n) is 10.9. The van der Waals surface area contributed by atoms with Crippen LogP contribution in [-0.4, -0.2) is 10.9 Å². The number of furan rings is 1. The van der Waals surface area contributed by atoms with Gasteiger partial charge in [0.25, 0.3) is 5.91 Å². The van der Waals surface area contributed by atoms with Gasteiger partial charge in [0.05, 0.1) is 18.4 Å². The summed E-state index contributed by atoms with van der Waals surface area (Å²) in [6, 6.07) is 7.89. The topological polar surface area (TPSA) is 58.0 Å². The zero-order chi connectivity index (χ0) is 14.1. The number of halogens is 1. The number of aryl methyl sites for hydroxylation is 1. The van der Waals surface area contributed by atoms with Crippen molar-refractivity contribution in [2.45, 2.75) is 13.5 Å². The zero-order valence-corrected chi connectivity index (χ0v) is 10.9. The molecule has 0 spiro atoms. The molecule has 0 saturated carbocycles. The highest BCUT2D eigenvalue weighted by molar-refractivity contribution is 6.08. The molecule has 2 N–H and O–H groups in total. The minimum atomic E-state index is -0.332. The van der Waals surface area contributed by atoms with Crippen LogP contribution in [0.4, 0.5) is 4.39 Å². The summed E-state index contributed by atoms with van der Waals surface area (Å²) >= 11 is 0. The normalized spacial score (nSPS) is 10.9. The molecule has 102 valence electrons. The summed E-state index contributed by atoms with van der Waals surface area (Å²) in [7, 11) is 0. The van der Waals surface area contributed by atoms with Crippen molar-refractivity contribution < 1.29 is 13.6 Å². The molecule has 4 nitrogen and oxygen atoms in total. The molecule has 1 amide bonds. The second kappa shape index (κ2) is 4.85. The van der Waals surface area contributed by atoms with Crippen LogP contribution in [0.2, 0.25) is 0 Å². The van der Waals surface area contributed by atoms with E-state index in [1.165, 1.54) is 12.1 Å². The van der Waals surface area contributed by atoms with E-state index in [0.29, 0.717) is 34.5 Å². The Morgan fingerprint density at radius 1 is 1.40 bits per heavy atom. The Hall–Kier alpha value is -2.56. The molecule has 5 heteroatoms. The molecule has 0 aliphatic carbocycles. The number of hydrogen-bond donors (Lipinski definition) is 2. The molecule has 0 aliphatic rings. The molecule has 0 fully saturated rings. The van der Waals surface area contributed by atoms with Crippen LogP contribution in [-0.2, 0) is 6.54 Å². The second-order valence-corrected chi connectivity index (χ2v) is 4.58. The number of aromatic nitrogens is 1. The molecule has 0 aliphatic heterocycles. The minimum absolute atomic E-state index is 0.211. The van der Waals surface area contributed by atoms with E-state index < -0.39 is 0 Å². The van der Waals surface area contributed by atoms with E-state index in [2.05, 4.69) is 10.3 Å². The lowest BCUT2D eigenvalue weighted by Crippen LogP contribution is -2.23. The fourth-order valence-corrected chi connectivity index (χ4v) is 2.27. The molecule has 2 aromatic heterocycles. The lowest BCUT2D eigenvalue weighted by Gasteiger charge is -2.03. The lowest BCUT2D eigenvalue weighted by atomic mass is 10.1. The number of benzene rings is 1. The predicted octanol–water partition coefficient (Wildman–Crippen LogP) is 3.14. The molecule has 3 rings (SSSR count). The highest BCUT2D eigenvalue weighted by Crippen LogP contribution is 2.22. The Bertz CT molecular complexity index is 760. The number of fused-ring (bicyclic) bond motifs is 1. The maximum absolute atomic E-state index is 13.2. The van der Waals surface area contributed by atoms with Crippen molar-refractivity contribution in [2.24, 2.45) is 0 Å². The van der Waals surface area contributed by atoms with Crippen LogP contribution >= 0.6 is 0 Å². The number of aromatic amines is 1. The van der Waals surface area contributed by atoms with Crippen LogP contribution in [0.3, 0.4) is 0 Å². The summed E-state index contributed by atoms with van der Waals surface area (Å²) < 4.78 is 18.3. The van der Waals surface area contributed by atoms with Gasteiger partial charge in [-0.2, -0.15) is 0 Å². The summed E-state index contributed by atoms with van der Waals surface area (Å²) in [5.74, 6) is 0.139. The van der Waals surface area contributed by atoms with Gasteiger partial charge in [0.1, 0.15) is 11.6 Å². The number of carbonyl (C=O) groups excluding carboxylic acids is 1. The summed E-state index contributed by atoms with van der Waals surface area (Å²) in [4.78, 5) is 15.3. The van der Waals surface area contributed by atoms with E-state index >= 15 is 0 Å². The third-order valence-corrected chi connectivity index (χ3v) is 3.18. The minimum Gasteiger partial charge on any atom is -0.467 e. The molecule has 20 heavy (non-hydrogen) atoms. The molecule has 0 atom stereocenters. The molecule has 0 radical (unpaired) electrons. The summed E-state index contributed by atoms with van der Waals surface area (Å²) in [6.45, 7) is 2.11. The van der Waals surface area contributed by atoms with Crippen LogP contribution in [0.5, 0.6) is 0 Å². The van der Waals surface area contributed by atoms with Crippen molar-refractivity contribution in [3.8, 4) is 0 Å². The van der Waals surface area contributed by atoms with Gasteiger partial charge < -0.3 is 14.7 Å². The number of nitrogens with one attached hydrogen (secondary N) is 2. The number of rotatable bonds is 3. The van der Waals surface area contributed by atoms with E-state index in [9.17, 15) is 9.18 Å². The number of hydrogen-bond acceptors (Lipinski definition) is 2. The van der Waals surface area contributed by atoms with Gasteiger partial charge in [0.2, 0.25) is 0 Å². The Morgan fingerprint density at radius 3 is 3.00 bits per heavy atom. The number of amides is 1. The van der Waals surface area contributed by atoms with Crippen molar-refractivity contribution in [2.75, 3.05) is 0 Å². The summed E-state index contributed by atoms with van der Waals surface area (Å²) in [5.41, 5.74) is 1.86. The first-order valence-corrected chi connectivity index (χ1v) is 6.23. The van der Waals surface area contributed by atoms with Gasteiger partial charge in [-0.3, -0.25) is 4.79 Å². The average molecular weight is 272 g/mol. The Balaban J connectivity index is 1.89. The third-order valence-electron chi connectivity index (χ3n) is 3.18. The lowest BCUT2D eigenvalue weighted by molar-refractivity contribution is 0.0949. The molecule has 0 bridgehead atoms. The van der Waals surface area contributed by atoms with Crippen molar-refractivity contribution >= 4 is 16.8 Å². The van der Waals surface area contributed by atoms with E-state index in [1.54, 1.807) is 31.4 Å². The van der Waals surface area contributed by atoms with Gasteiger partial charge in [0.15, 0.2) is 0 Å². The van der Waals surface area contributed by atoms with E-state index in [0.717, 1.165) is 0 Å². The van der Waals surface area contributed by atoms with Crippen LogP contribution in [0.15, 0.2) is 41.0 Å². The molecule has 2 heterocycles. The van der Waals surface area contributed by atoms with Gasteiger partial charge in [-0.25, -0.2) is 4.39 Å². The van der Waals surface area contributed by atoms with Gasteiger partial charge in [-0.15, -0.1) is 0 Å². The van der Waals surface area contributed by atoms with Crippen molar-refractivity contribution in [3.05, 3.63) is 59.4 Å². The number of carbonyl (C=O) groups is 1. The van der Waals surface area contributed by atoms with E-state index in [1.807, 2.05) is 0 Å². The highest BCUT2D eigenvalue weighted by Gasteiger charge is 2.16. The maximum Gasteiger partial charge on any atom is 0.254 e. The smallest absolute Gasteiger partial charge is 0.254 e. The van der Waals surface area contributed by atoms with E-state index in [-0.39, 0.29) is 11.7 Å². The van der Waals surface area contributed by atoms with Crippen LogP contribution in [0.25, 0.3) is 10.9 Å². The molecular weight excluding hydrogens is 259 g/mol. The Kier molecular flexibility index (Phi) is 3.02. The second-order valence-electron chi connectivity index (χ2n) is 4.58. The Morgan fingerprint density at radius 2 is 2.25 bits per heavy atom. The fourth-order valence-electron chi connectivity index (χ4n) is 2.27. The average Bonchev–Trinajstić information content (AvgIpc) is 3.02. The van der Waals surface area contributed by atoms with Crippen LogP contribution in [0.1, 0.15) is 21.8 Å². The van der Waals surface area contributed by atoms with Gasteiger partial charge in [0, 0.05) is 16.6 Å². The van der Waals surface area contributed by atoms with Gasteiger partial charge >= 0.3 is 0 Å². The first-order chi connectivity index (χ1) is 9.65. The van der Waals surface area contributed by atoms with Crippen LogP contribution in [0, 0.1) is 12.7 Å². The third kappa shape index (κ3) is 2.18. The first-order valence-electron chi connectivity index (χ1n) is 6.23. The molecule has 0 saturated heterocycles. The highest BCUT2D eigenvalue weighted by atomic mass is 19.1. The van der Waals surface area contributed by atoms with Gasteiger partial charge in [-0.1, -0.05) is 0 Å². The fraction of sp³-hybridized carbons (Fsp3) is 0.133. The molecule has 3 aromatic rings. The Labute approximate surface area is 114 Å².